The molecule has 0 bridgehead atoms. The number of carbonyl (C=O) groups excluding carboxylic acids is 1. The number of hydrogen-bond donors (Lipinski definition) is 2. The number of rotatable bonds is 5. The van der Waals surface area contributed by atoms with Gasteiger partial charge in [-0.1, -0.05) is 31.9 Å². The van der Waals surface area contributed by atoms with Gasteiger partial charge in [-0.2, -0.15) is 0 Å². The number of likely N-dealkylation sites (tertiary alicyclic amines) is 1. The Morgan fingerprint density at radius 1 is 1.10 bits per heavy atom. The fourth-order valence-corrected chi connectivity index (χ4v) is 5.41. The van der Waals surface area contributed by atoms with Crippen LogP contribution in [0.3, 0.4) is 0 Å². The Balaban J connectivity index is 1.38. The van der Waals surface area contributed by atoms with E-state index in [9.17, 15) is 4.79 Å². The zero-order valence-electron chi connectivity index (χ0n) is 17.8. The summed E-state index contributed by atoms with van der Waals surface area (Å²) in [6.45, 7) is 9.80. The zero-order valence-corrected chi connectivity index (χ0v) is 17.8. The second-order valence-corrected chi connectivity index (χ2v) is 9.03. The lowest BCUT2D eigenvalue weighted by atomic mass is 9.96. The molecule has 5 nitrogen and oxygen atoms in total. The summed E-state index contributed by atoms with van der Waals surface area (Å²) in [5, 5.41) is 6.14. The van der Waals surface area contributed by atoms with Gasteiger partial charge in [0.1, 0.15) is 0 Å². The van der Waals surface area contributed by atoms with Crippen molar-refractivity contribution in [2.24, 2.45) is 0 Å². The number of carbonyl (C=O) groups is 1. The van der Waals surface area contributed by atoms with E-state index in [-0.39, 0.29) is 6.03 Å². The van der Waals surface area contributed by atoms with Crippen molar-refractivity contribution in [3.8, 4) is 0 Å². The highest BCUT2D eigenvalue weighted by Crippen LogP contribution is 2.32. The lowest BCUT2D eigenvalue weighted by Gasteiger charge is -2.29. The van der Waals surface area contributed by atoms with Crippen LogP contribution in [0.1, 0.15) is 63.9 Å². The van der Waals surface area contributed by atoms with Crippen LogP contribution in [0.5, 0.6) is 0 Å². The number of anilines is 2. The summed E-state index contributed by atoms with van der Waals surface area (Å²) in [6.07, 6.45) is 11.7. The van der Waals surface area contributed by atoms with Crippen LogP contribution in [0.4, 0.5) is 16.2 Å². The predicted octanol–water partition coefficient (Wildman–Crippen LogP) is 4.85. The molecule has 4 rings (SSSR count). The summed E-state index contributed by atoms with van der Waals surface area (Å²) in [6, 6.07) is 7.81. The van der Waals surface area contributed by atoms with E-state index in [1.54, 1.807) is 0 Å². The molecule has 2 saturated heterocycles. The molecule has 1 aliphatic carbocycles. The van der Waals surface area contributed by atoms with Gasteiger partial charge in [0.15, 0.2) is 0 Å². The highest BCUT2D eigenvalue weighted by molar-refractivity contribution is 5.90. The van der Waals surface area contributed by atoms with Crippen LogP contribution >= 0.6 is 0 Å². The molecule has 0 radical (unpaired) electrons. The predicted molar refractivity (Wildman–Crippen MR) is 122 cm³/mol. The molecular formula is C24H36N4O. The largest absolute Gasteiger partial charge is 0.369 e. The Kier molecular flexibility index (Phi) is 6.43. The first-order valence-corrected chi connectivity index (χ1v) is 11.5. The first-order chi connectivity index (χ1) is 14.1. The minimum absolute atomic E-state index is 0.0936. The van der Waals surface area contributed by atoms with Crippen LogP contribution in [0, 0.1) is 0 Å². The normalized spacial score (nSPS) is 25.9. The molecule has 1 aromatic rings. The third-order valence-electron chi connectivity index (χ3n) is 7.02. The molecule has 158 valence electrons. The number of nitrogens with one attached hydrogen (secondary N) is 2. The molecule has 2 N–H and O–H groups in total. The van der Waals surface area contributed by atoms with Crippen LogP contribution in [0.25, 0.3) is 6.08 Å². The van der Waals surface area contributed by atoms with Crippen LogP contribution < -0.4 is 15.5 Å². The summed E-state index contributed by atoms with van der Waals surface area (Å²) in [7, 11) is 0. The Morgan fingerprint density at radius 2 is 1.93 bits per heavy atom. The molecular weight excluding hydrogens is 360 g/mol. The van der Waals surface area contributed by atoms with Crippen LogP contribution in [-0.4, -0.2) is 48.7 Å². The molecule has 2 atom stereocenters. The summed E-state index contributed by atoms with van der Waals surface area (Å²) in [5.74, 6) is 0. The van der Waals surface area contributed by atoms with Gasteiger partial charge in [0.2, 0.25) is 0 Å². The maximum absolute atomic E-state index is 12.4. The van der Waals surface area contributed by atoms with Crippen molar-refractivity contribution in [2.75, 3.05) is 29.9 Å². The van der Waals surface area contributed by atoms with Gasteiger partial charge in [-0.05, 0) is 69.3 Å². The average Bonchev–Trinajstić information content (AvgIpc) is 3.37. The van der Waals surface area contributed by atoms with Crippen molar-refractivity contribution >= 4 is 23.5 Å². The molecule has 3 fully saturated rings. The molecule has 5 heteroatoms. The number of nitrogens with zero attached hydrogens (tertiary/aromatic N) is 2. The van der Waals surface area contributed by atoms with Gasteiger partial charge in [0.25, 0.3) is 0 Å². The van der Waals surface area contributed by atoms with Crippen LogP contribution in [0.2, 0.25) is 0 Å². The van der Waals surface area contributed by atoms with Gasteiger partial charge >= 0.3 is 6.03 Å². The zero-order chi connectivity index (χ0) is 20.2. The van der Waals surface area contributed by atoms with E-state index in [2.05, 4.69) is 46.1 Å². The second kappa shape index (κ2) is 9.21. The monoisotopic (exact) mass is 396 g/mol. The number of urea groups is 1. The molecule has 0 spiro atoms. The smallest absolute Gasteiger partial charge is 0.319 e. The number of amides is 2. The first-order valence-electron chi connectivity index (χ1n) is 11.5. The van der Waals surface area contributed by atoms with Gasteiger partial charge < -0.3 is 15.5 Å². The molecule has 2 unspecified atom stereocenters. The molecule has 0 aromatic heterocycles. The number of hydrogen-bond acceptors (Lipinski definition) is 3. The Hall–Kier alpha value is -2.01. The van der Waals surface area contributed by atoms with E-state index in [0.29, 0.717) is 18.1 Å². The third kappa shape index (κ3) is 4.77. The van der Waals surface area contributed by atoms with Crippen molar-refractivity contribution in [1.82, 2.24) is 10.2 Å². The summed E-state index contributed by atoms with van der Waals surface area (Å²) < 4.78 is 0. The van der Waals surface area contributed by atoms with Crippen molar-refractivity contribution in [3.05, 3.63) is 30.3 Å². The molecule has 3 aliphatic rings. The SMILES string of the molecule is C=Cc1cc(NC(=O)NC2CCCCC2)ccc1N1CCC(N2CCCC2C)C1. The fraction of sp³-hybridized carbons (Fsp3) is 0.625. The van der Waals surface area contributed by atoms with Crippen molar-refractivity contribution < 1.29 is 4.79 Å². The highest BCUT2D eigenvalue weighted by Gasteiger charge is 2.33. The Bertz CT molecular complexity index is 728. The molecule has 2 heterocycles. The van der Waals surface area contributed by atoms with Gasteiger partial charge in [0.05, 0.1) is 0 Å². The van der Waals surface area contributed by atoms with Crippen molar-refractivity contribution in [3.63, 3.8) is 0 Å². The summed E-state index contributed by atoms with van der Waals surface area (Å²) >= 11 is 0. The molecule has 1 aromatic carbocycles. The van der Waals surface area contributed by atoms with E-state index in [1.165, 1.54) is 50.8 Å². The summed E-state index contributed by atoms with van der Waals surface area (Å²) in [5.41, 5.74) is 3.16. The maximum Gasteiger partial charge on any atom is 0.319 e. The van der Waals surface area contributed by atoms with Crippen molar-refractivity contribution in [2.45, 2.75) is 76.4 Å². The van der Waals surface area contributed by atoms with Gasteiger partial charge in [-0.3, -0.25) is 4.90 Å². The minimum Gasteiger partial charge on any atom is -0.369 e. The third-order valence-corrected chi connectivity index (χ3v) is 7.02. The van der Waals surface area contributed by atoms with E-state index in [4.69, 9.17) is 0 Å². The van der Waals surface area contributed by atoms with Crippen LogP contribution in [0.15, 0.2) is 24.8 Å². The Morgan fingerprint density at radius 3 is 2.66 bits per heavy atom. The second-order valence-electron chi connectivity index (χ2n) is 9.03. The topological polar surface area (TPSA) is 47.6 Å². The van der Waals surface area contributed by atoms with Crippen LogP contribution in [-0.2, 0) is 0 Å². The van der Waals surface area contributed by atoms with E-state index in [0.717, 1.165) is 37.2 Å². The first kappa shape index (κ1) is 20.3. The van der Waals surface area contributed by atoms with E-state index in [1.807, 2.05) is 12.1 Å². The highest BCUT2D eigenvalue weighted by atomic mass is 16.2. The number of benzene rings is 1. The quantitative estimate of drug-likeness (QED) is 0.748. The molecule has 2 amide bonds. The van der Waals surface area contributed by atoms with Gasteiger partial charge in [0, 0.05) is 42.6 Å². The molecule has 29 heavy (non-hydrogen) atoms. The van der Waals surface area contributed by atoms with Crippen molar-refractivity contribution in [1.29, 1.82) is 0 Å². The Labute approximate surface area is 175 Å². The minimum atomic E-state index is -0.0936. The summed E-state index contributed by atoms with van der Waals surface area (Å²) in [4.78, 5) is 17.6. The van der Waals surface area contributed by atoms with E-state index < -0.39 is 0 Å². The average molecular weight is 397 g/mol. The lowest BCUT2D eigenvalue weighted by molar-refractivity contribution is 0.204. The maximum atomic E-state index is 12.4. The van der Waals surface area contributed by atoms with E-state index >= 15 is 0 Å². The molecule has 2 aliphatic heterocycles. The lowest BCUT2D eigenvalue weighted by Crippen LogP contribution is -2.39. The van der Waals surface area contributed by atoms with Gasteiger partial charge in [-0.25, -0.2) is 4.79 Å². The standard InChI is InChI=1S/C24H36N4O/c1-3-19-16-21(26-24(29)25-20-9-5-4-6-10-20)11-12-23(19)27-15-13-22(17-27)28-14-7-8-18(28)2/h3,11-12,16,18,20,22H,1,4-10,13-15,17H2,2H3,(H2,25,26,29). The fourth-order valence-electron chi connectivity index (χ4n) is 5.41. The van der Waals surface area contributed by atoms with Gasteiger partial charge in [-0.15, -0.1) is 0 Å². The molecule has 1 saturated carbocycles.